The summed E-state index contributed by atoms with van der Waals surface area (Å²) in [6.07, 6.45) is 2.13. The predicted octanol–water partition coefficient (Wildman–Crippen LogP) is 0.677. The van der Waals surface area contributed by atoms with Crippen molar-refractivity contribution in [3.63, 3.8) is 0 Å². The maximum Gasteiger partial charge on any atom is 0.286 e. The van der Waals surface area contributed by atoms with Gasteiger partial charge in [0, 0.05) is 19.5 Å². The first-order valence-corrected chi connectivity index (χ1v) is 6.25. The Balaban J connectivity index is 2.19. The van der Waals surface area contributed by atoms with Gasteiger partial charge in [-0.3, -0.25) is 9.59 Å². The first-order chi connectivity index (χ1) is 8.94. The van der Waals surface area contributed by atoms with Gasteiger partial charge < -0.3 is 20.2 Å². The molecular formula is C13H20N2O4. The Kier molecular flexibility index (Phi) is 5.57. The van der Waals surface area contributed by atoms with E-state index >= 15 is 0 Å². The van der Waals surface area contributed by atoms with E-state index in [1.165, 1.54) is 6.26 Å². The van der Waals surface area contributed by atoms with Crippen molar-refractivity contribution in [2.75, 3.05) is 13.1 Å². The van der Waals surface area contributed by atoms with E-state index in [2.05, 4.69) is 10.6 Å². The van der Waals surface area contributed by atoms with Gasteiger partial charge in [0.15, 0.2) is 5.76 Å². The Labute approximate surface area is 112 Å². The predicted molar refractivity (Wildman–Crippen MR) is 69.6 cm³/mol. The van der Waals surface area contributed by atoms with Gasteiger partial charge >= 0.3 is 0 Å². The van der Waals surface area contributed by atoms with Crippen molar-refractivity contribution in [1.29, 1.82) is 0 Å². The van der Waals surface area contributed by atoms with Crippen LogP contribution < -0.4 is 10.6 Å². The minimum absolute atomic E-state index is 0.159. The van der Waals surface area contributed by atoms with Gasteiger partial charge in [-0.2, -0.15) is 0 Å². The Hall–Kier alpha value is -1.82. The van der Waals surface area contributed by atoms with Gasteiger partial charge in [0.2, 0.25) is 5.91 Å². The van der Waals surface area contributed by atoms with Crippen LogP contribution in [-0.2, 0) is 4.79 Å². The topological polar surface area (TPSA) is 91.6 Å². The molecule has 1 rings (SSSR count). The van der Waals surface area contributed by atoms with E-state index in [4.69, 9.17) is 4.42 Å². The number of carbonyl (C=O) groups is 2. The summed E-state index contributed by atoms with van der Waals surface area (Å²) in [7, 11) is 0. The van der Waals surface area contributed by atoms with Gasteiger partial charge in [0.1, 0.15) is 0 Å². The summed E-state index contributed by atoms with van der Waals surface area (Å²) in [6, 6.07) is 3.17. The van der Waals surface area contributed by atoms with Crippen LogP contribution in [0.4, 0.5) is 0 Å². The molecule has 6 nitrogen and oxygen atoms in total. The van der Waals surface area contributed by atoms with Crippen LogP contribution in [0.2, 0.25) is 0 Å². The molecule has 0 aliphatic carbocycles. The number of nitrogens with one attached hydrogen (secondary N) is 2. The molecule has 0 spiro atoms. The van der Waals surface area contributed by atoms with Crippen LogP contribution in [0, 0.1) is 0 Å². The van der Waals surface area contributed by atoms with Crippen molar-refractivity contribution < 1.29 is 19.1 Å². The summed E-state index contributed by atoms with van der Waals surface area (Å²) in [5.74, 6) is -0.346. The van der Waals surface area contributed by atoms with Crippen molar-refractivity contribution in [3.8, 4) is 0 Å². The highest BCUT2D eigenvalue weighted by Gasteiger charge is 2.18. The first-order valence-electron chi connectivity index (χ1n) is 6.25. The number of hydrogen-bond acceptors (Lipinski definition) is 4. The molecule has 0 bridgehead atoms. The molecule has 3 N–H and O–H groups in total. The zero-order chi connectivity index (χ0) is 14.3. The van der Waals surface area contributed by atoms with Crippen molar-refractivity contribution in [2.24, 2.45) is 0 Å². The van der Waals surface area contributed by atoms with Gasteiger partial charge in [-0.1, -0.05) is 6.92 Å². The lowest BCUT2D eigenvalue weighted by Gasteiger charge is -2.21. The first kappa shape index (κ1) is 15.2. The van der Waals surface area contributed by atoms with E-state index in [1.54, 1.807) is 19.1 Å². The van der Waals surface area contributed by atoms with E-state index in [0.717, 1.165) is 0 Å². The largest absolute Gasteiger partial charge is 0.459 e. The van der Waals surface area contributed by atoms with Crippen LogP contribution in [0.3, 0.4) is 0 Å². The van der Waals surface area contributed by atoms with E-state index in [1.807, 2.05) is 6.92 Å². The van der Waals surface area contributed by atoms with Crippen LogP contribution in [0.5, 0.6) is 0 Å². The number of amides is 2. The third kappa shape index (κ3) is 5.56. The molecule has 0 aliphatic heterocycles. The molecule has 1 heterocycles. The second kappa shape index (κ2) is 6.94. The lowest BCUT2D eigenvalue weighted by molar-refractivity contribution is -0.122. The third-order valence-corrected chi connectivity index (χ3v) is 2.81. The third-order valence-electron chi connectivity index (χ3n) is 2.81. The second-order valence-corrected chi connectivity index (χ2v) is 4.61. The van der Waals surface area contributed by atoms with Gasteiger partial charge in [-0.25, -0.2) is 0 Å². The molecule has 1 aromatic rings. The van der Waals surface area contributed by atoms with Crippen molar-refractivity contribution in [1.82, 2.24) is 10.6 Å². The van der Waals surface area contributed by atoms with Crippen LogP contribution in [0.15, 0.2) is 22.8 Å². The lowest BCUT2D eigenvalue weighted by atomic mass is 10.0. The normalized spacial score (nSPS) is 13.6. The van der Waals surface area contributed by atoms with E-state index in [-0.39, 0.29) is 37.1 Å². The molecule has 2 amide bonds. The molecule has 0 fully saturated rings. The molecule has 0 saturated heterocycles. The van der Waals surface area contributed by atoms with Crippen molar-refractivity contribution in [2.45, 2.75) is 32.3 Å². The van der Waals surface area contributed by atoms with Gasteiger partial charge in [0.05, 0.1) is 11.9 Å². The molecule has 6 heteroatoms. The van der Waals surface area contributed by atoms with E-state index in [0.29, 0.717) is 6.42 Å². The summed E-state index contributed by atoms with van der Waals surface area (Å²) in [6.45, 7) is 3.93. The summed E-state index contributed by atoms with van der Waals surface area (Å²) in [5, 5.41) is 14.9. The maximum absolute atomic E-state index is 11.5. The molecule has 0 aliphatic rings. The Morgan fingerprint density at radius 2 is 2.16 bits per heavy atom. The SMILES string of the molecule is CCC(C)(O)CNC(=O)CCNC(=O)c1ccco1. The van der Waals surface area contributed by atoms with Crippen molar-refractivity contribution in [3.05, 3.63) is 24.2 Å². The Morgan fingerprint density at radius 3 is 2.74 bits per heavy atom. The number of carbonyl (C=O) groups excluding carboxylic acids is 2. The lowest BCUT2D eigenvalue weighted by Crippen LogP contribution is -2.41. The van der Waals surface area contributed by atoms with Gasteiger partial charge in [-0.05, 0) is 25.5 Å². The average molecular weight is 268 g/mol. The zero-order valence-electron chi connectivity index (χ0n) is 11.2. The van der Waals surface area contributed by atoms with Crippen LogP contribution in [0.25, 0.3) is 0 Å². The highest BCUT2D eigenvalue weighted by Crippen LogP contribution is 2.05. The van der Waals surface area contributed by atoms with Crippen LogP contribution in [-0.4, -0.2) is 35.6 Å². The van der Waals surface area contributed by atoms with Gasteiger partial charge in [0.25, 0.3) is 5.91 Å². The van der Waals surface area contributed by atoms with Gasteiger partial charge in [-0.15, -0.1) is 0 Å². The van der Waals surface area contributed by atoms with E-state index < -0.39 is 5.60 Å². The Bertz CT molecular complexity index is 412. The minimum atomic E-state index is -0.896. The maximum atomic E-state index is 11.5. The van der Waals surface area contributed by atoms with Crippen LogP contribution in [0.1, 0.15) is 37.2 Å². The summed E-state index contributed by atoms with van der Waals surface area (Å²) >= 11 is 0. The van der Waals surface area contributed by atoms with Crippen molar-refractivity contribution >= 4 is 11.8 Å². The molecule has 0 aromatic carbocycles. The molecule has 0 radical (unpaired) electrons. The summed E-state index contributed by atoms with van der Waals surface area (Å²) < 4.78 is 4.91. The molecular weight excluding hydrogens is 248 g/mol. The number of aliphatic hydroxyl groups is 1. The highest BCUT2D eigenvalue weighted by atomic mass is 16.3. The summed E-state index contributed by atoms with van der Waals surface area (Å²) in [5.41, 5.74) is -0.896. The number of furan rings is 1. The number of hydrogen-bond donors (Lipinski definition) is 3. The molecule has 106 valence electrons. The molecule has 0 saturated carbocycles. The fourth-order valence-electron chi connectivity index (χ4n) is 1.29. The molecule has 1 aromatic heterocycles. The second-order valence-electron chi connectivity index (χ2n) is 4.61. The fourth-order valence-corrected chi connectivity index (χ4v) is 1.29. The molecule has 19 heavy (non-hydrogen) atoms. The zero-order valence-corrected chi connectivity index (χ0v) is 11.2. The monoisotopic (exact) mass is 268 g/mol. The quantitative estimate of drug-likeness (QED) is 0.678. The average Bonchev–Trinajstić information content (AvgIpc) is 2.90. The minimum Gasteiger partial charge on any atom is -0.459 e. The summed E-state index contributed by atoms with van der Waals surface area (Å²) in [4.78, 5) is 23.0. The van der Waals surface area contributed by atoms with Crippen LogP contribution >= 0.6 is 0 Å². The molecule has 1 unspecified atom stereocenters. The fraction of sp³-hybridized carbons (Fsp3) is 0.538. The smallest absolute Gasteiger partial charge is 0.286 e. The molecule has 1 atom stereocenters. The standard InChI is InChI=1S/C13H20N2O4/c1-3-13(2,18)9-15-11(16)6-7-14-12(17)10-5-4-8-19-10/h4-5,8,18H,3,6-7,9H2,1-2H3,(H,14,17)(H,15,16). The number of rotatable bonds is 7. The highest BCUT2D eigenvalue weighted by molar-refractivity contribution is 5.91. The Morgan fingerprint density at radius 1 is 1.42 bits per heavy atom. The van der Waals surface area contributed by atoms with E-state index in [9.17, 15) is 14.7 Å².